The number of rotatable bonds is 7. The van der Waals surface area contributed by atoms with E-state index in [-0.39, 0.29) is 0 Å². The molecule has 2 aromatic heterocycles. The predicted molar refractivity (Wildman–Crippen MR) is 98.4 cm³/mol. The lowest BCUT2D eigenvalue weighted by atomic mass is 10.2. The Kier molecular flexibility index (Phi) is 5.11. The van der Waals surface area contributed by atoms with Gasteiger partial charge in [0.25, 0.3) is 0 Å². The number of hydrogen-bond donors (Lipinski definition) is 0. The number of methoxy groups -OCH3 is 1. The number of nitrogens with zero attached hydrogens (tertiary/aromatic N) is 4. The summed E-state index contributed by atoms with van der Waals surface area (Å²) < 4.78 is 7.47. The summed E-state index contributed by atoms with van der Waals surface area (Å²) in [4.78, 5) is 11.7. The molecule has 3 rings (SSSR count). The lowest BCUT2D eigenvalue weighted by Gasteiger charge is -2.19. The Balaban J connectivity index is 2.01. The van der Waals surface area contributed by atoms with Gasteiger partial charge < -0.3 is 14.2 Å². The minimum absolute atomic E-state index is 0.651. The number of hydrogen-bond acceptors (Lipinski definition) is 4. The van der Waals surface area contributed by atoms with Gasteiger partial charge in [-0.2, -0.15) is 0 Å². The minimum atomic E-state index is 0.651. The molecule has 5 nitrogen and oxygen atoms in total. The Bertz CT molecular complexity index is 791. The molecule has 0 aliphatic heterocycles. The van der Waals surface area contributed by atoms with Crippen molar-refractivity contribution in [2.24, 2.45) is 0 Å². The second-order valence-electron chi connectivity index (χ2n) is 5.65. The van der Waals surface area contributed by atoms with Crippen molar-refractivity contribution in [3.05, 3.63) is 42.6 Å². The molecule has 24 heavy (non-hydrogen) atoms. The smallest absolute Gasteiger partial charge is 0.142 e. The van der Waals surface area contributed by atoms with Gasteiger partial charge >= 0.3 is 0 Å². The number of ether oxygens (including phenoxy) is 1. The van der Waals surface area contributed by atoms with E-state index >= 15 is 0 Å². The van der Waals surface area contributed by atoms with Crippen molar-refractivity contribution in [3.63, 3.8) is 0 Å². The fraction of sp³-hybridized carbons (Fsp3) is 0.368. The molecule has 2 heterocycles. The molecule has 0 saturated carbocycles. The zero-order chi connectivity index (χ0) is 16.9. The first kappa shape index (κ1) is 16.5. The average Bonchev–Trinajstić information content (AvgIpc) is 3.00. The molecule has 0 aliphatic carbocycles. The van der Waals surface area contributed by atoms with Crippen molar-refractivity contribution in [2.75, 3.05) is 31.7 Å². The first-order valence-electron chi connectivity index (χ1n) is 8.44. The molecule has 5 heteroatoms. The van der Waals surface area contributed by atoms with Gasteiger partial charge in [0.2, 0.25) is 0 Å². The van der Waals surface area contributed by atoms with Crippen molar-refractivity contribution >= 4 is 16.9 Å². The van der Waals surface area contributed by atoms with Crippen LogP contribution in [0.4, 0.5) is 5.82 Å². The van der Waals surface area contributed by atoms with Gasteiger partial charge in [-0.15, -0.1) is 0 Å². The largest absolute Gasteiger partial charge is 0.383 e. The maximum absolute atomic E-state index is 5.26. The molecule has 0 atom stereocenters. The minimum Gasteiger partial charge on any atom is -0.383 e. The Labute approximate surface area is 142 Å². The zero-order valence-electron chi connectivity index (χ0n) is 14.6. The van der Waals surface area contributed by atoms with Crippen LogP contribution in [0.3, 0.4) is 0 Å². The van der Waals surface area contributed by atoms with E-state index in [1.54, 1.807) is 7.11 Å². The van der Waals surface area contributed by atoms with Gasteiger partial charge in [-0.3, -0.25) is 0 Å². The quantitative estimate of drug-likeness (QED) is 0.666. The molecule has 0 N–H and O–H groups in total. The van der Waals surface area contributed by atoms with Crippen LogP contribution in [0.15, 0.2) is 42.6 Å². The monoisotopic (exact) mass is 324 g/mol. The molecular weight excluding hydrogens is 300 g/mol. The van der Waals surface area contributed by atoms with Crippen LogP contribution in [0.2, 0.25) is 0 Å². The van der Waals surface area contributed by atoms with Crippen LogP contribution in [0.5, 0.6) is 0 Å². The summed E-state index contributed by atoms with van der Waals surface area (Å²) in [6.07, 6.45) is 1.91. The van der Waals surface area contributed by atoms with E-state index in [0.717, 1.165) is 47.9 Å². The highest BCUT2D eigenvalue weighted by molar-refractivity contribution is 5.80. The van der Waals surface area contributed by atoms with Gasteiger partial charge in [-0.1, -0.05) is 12.1 Å². The maximum Gasteiger partial charge on any atom is 0.142 e. The highest BCUT2D eigenvalue weighted by Crippen LogP contribution is 2.25. The molecule has 0 aliphatic rings. The Morgan fingerprint density at radius 2 is 1.88 bits per heavy atom. The van der Waals surface area contributed by atoms with E-state index in [4.69, 9.17) is 9.72 Å². The third-order valence-corrected chi connectivity index (χ3v) is 4.27. The second kappa shape index (κ2) is 7.45. The molecule has 0 radical (unpaired) electrons. The van der Waals surface area contributed by atoms with Gasteiger partial charge in [0.1, 0.15) is 11.6 Å². The van der Waals surface area contributed by atoms with Crippen molar-refractivity contribution in [1.82, 2.24) is 14.5 Å². The van der Waals surface area contributed by atoms with Crippen LogP contribution in [0, 0.1) is 0 Å². The molecule has 0 bridgehead atoms. The van der Waals surface area contributed by atoms with Crippen LogP contribution in [-0.4, -0.2) is 41.3 Å². The number of fused-ring (bicyclic) bond motifs is 1. The molecular formula is C19H24N4O. The highest BCUT2D eigenvalue weighted by atomic mass is 16.5. The summed E-state index contributed by atoms with van der Waals surface area (Å²) in [5, 5.41) is 0. The zero-order valence-corrected chi connectivity index (χ0v) is 14.6. The van der Waals surface area contributed by atoms with Gasteiger partial charge in [-0.25, -0.2) is 9.97 Å². The van der Waals surface area contributed by atoms with Gasteiger partial charge in [0.15, 0.2) is 0 Å². The third kappa shape index (κ3) is 3.12. The normalized spacial score (nSPS) is 11.1. The van der Waals surface area contributed by atoms with E-state index in [1.165, 1.54) is 0 Å². The molecule has 0 unspecified atom stereocenters. The van der Waals surface area contributed by atoms with E-state index in [0.29, 0.717) is 6.61 Å². The van der Waals surface area contributed by atoms with Crippen LogP contribution < -0.4 is 4.90 Å². The van der Waals surface area contributed by atoms with Gasteiger partial charge in [-0.05, 0) is 38.1 Å². The highest BCUT2D eigenvalue weighted by Gasteiger charge is 2.13. The van der Waals surface area contributed by atoms with Crippen molar-refractivity contribution in [1.29, 1.82) is 0 Å². The van der Waals surface area contributed by atoms with Crippen molar-refractivity contribution in [2.45, 2.75) is 20.4 Å². The molecule has 1 aromatic carbocycles. The molecule has 3 aromatic rings. The summed E-state index contributed by atoms with van der Waals surface area (Å²) in [5.41, 5.74) is 3.15. The Morgan fingerprint density at radius 1 is 1.08 bits per heavy atom. The standard InChI is InChI=1S/C19H24N4O/c1-4-22(5-2)18-11-10-15(14-20-18)19-21-16-8-6-7-9-17(16)23(19)12-13-24-3/h6-11,14H,4-5,12-13H2,1-3H3. The molecule has 0 saturated heterocycles. The van der Waals surface area contributed by atoms with Crippen molar-refractivity contribution in [3.8, 4) is 11.4 Å². The van der Waals surface area contributed by atoms with Crippen LogP contribution >= 0.6 is 0 Å². The van der Waals surface area contributed by atoms with Gasteiger partial charge in [0, 0.05) is 38.5 Å². The first-order chi connectivity index (χ1) is 11.8. The van der Waals surface area contributed by atoms with Crippen LogP contribution in [0.1, 0.15) is 13.8 Å². The summed E-state index contributed by atoms with van der Waals surface area (Å²) in [5.74, 6) is 1.94. The number of benzene rings is 1. The Morgan fingerprint density at radius 3 is 2.54 bits per heavy atom. The third-order valence-electron chi connectivity index (χ3n) is 4.27. The molecule has 126 valence electrons. The SMILES string of the molecule is CCN(CC)c1ccc(-c2nc3ccccc3n2CCOC)cn1. The average molecular weight is 324 g/mol. The fourth-order valence-corrected chi connectivity index (χ4v) is 2.96. The van der Waals surface area contributed by atoms with Gasteiger partial charge in [0.05, 0.1) is 17.6 Å². The number of pyridine rings is 1. The topological polar surface area (TPSA) is 43.2 Å². The van der Waals surface area contributed by atoms with Crippen molar-refractivity contribution < 1.29 is 4.74 Å². The number of para-hydroxylation sites is 2. The summed E-state index contributed by atoms with van der Waals surface area (Å²) >= 11 is 0. The fourth-order valence-electron chi connectivity index (χ4n) is 2.96. The second-order valence-corrected chi connectivity index (χ2v) is 5.65. The van der Waals surface area contributed by atoms with E-state index in [9.17, 15) is 0 Å². The first-order valence-corrected chi connectivity index (χ1v) is 8.44. The predicted octanol–water partition coefficient (Wildman–Crippen LogP) is 3.59. The number of aromatic nitrogens is 3. The van der Waals surface area contributed by atoms with Crippen LogP contribution in [-0.2, 0) is 11.3 Å². The summed E-state index contributed by atoms with van der Waals surface area (Å²) in [6, 6.07) is 12.4. The van der Waals surface area contributed by atoms with E-state index < -0.39 is 0 Å². The maximum atomic E-state index is 5.26. The van der Waals surface area contributed by atoms with E-state index in [2.05, 4.69) is 46.5 Å². The molecule has 0 fully saturated rings. The van der Waals surface area contributed by atoms with Crippen LogP contribution in [0.25, 0.3) is 22.4 Å². The number of anilines is 1. The number of imidazole rings is 1. The molecule has 0 spiro atoms. The Hall–Kier alpha value is -2.40. The molecule has 0 amide bonds. The summed E-state index contributed by atoms with van der Waals surface area (Å²) in [7, 11) is 1.72. The lowest BCUT2D eigenvalue weighted by Crippen LogP contribution is -2.22. The summed E-state index contributed by atoms with van der Waals surface area (Å²) in [6.45, 7) is 7.61. The lowest BCUT2D eigenvalue weighted by molar-refractivity contribution is 0.188. The van der Waals surface area contributed by atoms with E-state index in [1.807, 2.05) is 24.4 Å².